The SMILES string of the molecule is CCOC(=O)CCc1cccc(C2CCCC(C)(C)CSC(C(=O)OC)Cc3c(c(F)cc4[nH]ccc34)Oc3cccc(c3)C(=N)/C=C\N2)c1. The number of hydrogen-bond donors (Lipinski definition) is 3. The molecule has 0 radical (unpaired) electrons. The summed E-state index contributed by atoms with van der Waals surface area (Å²) in [7, 11) is 1.38. The summed E-state index contributed by atoms with van der Waals surface area (Å²) in [6.07, 6.45) is 9.02. The van der Waals surface area contributed by atoms with Gasteiger partial charge in [-0.3, -0.25) is 9.59 Å². The number of allylic oxidation sites excluding steroid dienone is 1. The van der Waals surface area contributed by atoms with Crippen LogP contribution in [0.2, 0.25) is 0 Å². The van der Waals surface area contributed by atoms with E-state index in [1.807, 2.05) is 24.3 Å². The molecular weight excluding hydrogens is 654 g/mol. The van der Waals surface area contributed by atoms with Gasteiger partial charge in [0.05, 0.1) is 25.5 Å². The Morgan fingerprint density at radius 1 is 1.12 bits per heavy atom. The van der Waals surface area contributed by atoms with Gasteiger partial charge in [-0.05, 0) is 85.4 Å². The van der Waals surface area contributed by atoms with Crippen molar-refractivity contribution >= 4 is 40.3 Å². The lowest BCUT2D eigenvalue weighted by Gasteiger charge is -2.28. The third kappa shape index (κ3) is 9.56. The van der Waals surface area contributed by atoms with Crippen molar-refractivity contribution in [2.45, 2.75) is 70.6 Å². The minimum atomic E-state index is -0.584. The number of halogens is 1. The van der Waals surface area contributed by atoms with Crippen molar-refractivity contribution in [1.82, 2.24) is 10.3 Å². The van der Waals surface area contributed by atoms with Gasteiger partial charge in [-0.2, -0.15) is 0 Å². The summed E-state index contributed by atoms with van der Waals surface area (Å²) in [5.74, 6) is -0.00558. The summed E-state index contributed by atoms with van der Waals surface area (Å²) in [4.78, 5) is 28.3. The molecule has 4 aromatic rings. The predicted octanol–water partition coefficient (Wildman–Crippen LogP) is 8.83. The molecule has 0 spiro atoms. The highest BCUT2D eigenvalue weighted by atomic mass is 32.2. The molecule has 1 aliphatic rings. The number of nitrogens with one attached hydrogen (secondary N) is 3. The summed E-state index contributed by atoms with van der Waals surface area (Å²) in [6, 6.07) is 18.5. The standard InChI is InChI=1S/C40H46FN3O5S/c1-5-48-37(45)15-14-26-9-6-11-28(21-26)34-13-8-18-40(2,3)25-50-36(39(46)47-4)23-31-30-16-19-44-35(30)24-32(41)38(31)49-29-12-7-10-27(22-29)33(42)17-20-43-34/h6-7,9-12,16-17,19-22,24,34,36,42-44H,5,8,13-15,18,23,25H2,1-4H3/b20-17-,42-33?. The van der Waals surface area contributed by atoms with Crippen LogP contribution < -0.4 is 10.1 Å². The Morgan fingerprint density at radius 2 is 1.94 bits per heavy atom. The molecule has 2 unspecified atom stereocenters. The third-order valence-corrected chi connectivity index (χ3v) is 10.6. The highest BCUT2D eigenvalue weighted by molar-refractivity contribution is 8.00. The first-order valence-electron chi connectivity index (χ1n) is 17.1. The molecule has 0 fully saturated rings. The fourth-order valence-electron chi connectivity index (χ4n) is 6.23. The van der Waals surface area contributed by atoms with Crippen LogP contribution in [0.5, 0.6) is 11.5 Å². The van der Waals surface area contributed by atoms with Gasteiger partial charge in [0.25, 0.3) is 0 Å². The first-order valence-corrected chi connectivity index (χ1v) is 18.1. The van der Waals surface area contributed by atoms with Gasteiger partial charge in [0.15, 0.2) is 11.6 Å². The molecule has 264 valence electrons. The largest absolute Gasteiger partial charge is 0.468 e. The zero-order chi connectivity index (χ0) is 35.7. The van der Waals surface area contributed by atoms with Gasteiger partial charge < -0.3 is 29.9 Å². The van der Waals surface area contributed by atoms with Crippen LogP contribution >= 0.6 is 11.8 Å². The van der Waals surface area contributed by atoms with Gasteiger partial charge >= 0.3 is 11.9 Å². The third-order valence-electron chi connectivity index (χ3n) is 8.93. The Labute approximate surface area is 297 Å². The van der Waals surface area contributed by atoms with Crippen molar-refractivity contribution in [2.75, 3.05) is 19.5 Å². The van der Waals surface area contributed by atoms with E-state index in [0.717, 1.165) is 35.8 Å². The maximum Gasteiger partial charge on any atom is 0.319 e. The molecule has 5 rings (SSSR count). The second-order valence-electron chi connectivity index (χ2n) is 13.3. The maximum atomic E-state index is 15.7. The van der Waals surface area contributed by atoms with Crippen molar-refractivity contribution in [3.63, 3.8) is 0 Å². The number of aromatic nitrogens is 1. The normalized spacial score (nSPS) is 19.1. The van der Waals surface area contributed by atoms with Crippen LogP contribution in [0.3, 0.4) is 0 Å². The van der Waals surface area contributed by atoms with Gasteiger partial charge in [0.2, 0.25) is 0 Å². The van der Waals surface area contributed by atoms with Crippen LogP contribution in [0.4, 0.5) is 4.39 Å². The summed E-state index contributed by atoms with van der Waals surface area (Å²) in [6.45, 7) is 6.57. The molecule has 1 aliphatic heterocycles. The van der Waals surface area contributed by atoms with E-state index < -0.39 is 11.1 Å². The number of rotatable bonds is 6. The molecular formula is C40H46FN3O5S. The second-order valence-corrected chi connectivity index (χ2v) is 14.5. The number of esters is 2. The number of fused-ring (bicyclic) bond motifs is 5. The first kappa shape index (κ1) is 36.7. The average Bonchev–Trinajstić information content (AvgIpc) is 3.57. The lowest BCUT2D eigenvalue weighted by molar-refractivity contribution is -0.143. The number of aromatic amines is 1. The summed E-state index contributed by atoms with van der Waals surface area (Å²) in [5, 5.41) is 12.5. The van der Waals surface area contributed by atoms with Crippen LogP contribution in [-0.2, 0) is 31.9 Å². The van der Waals surface area contributed by atoms with Crippen LogP contribution in [0.15, 0.2) is 79.1 Å². The lowest BCUT2D eigenvalue weighted by Crippen LogP contribution is -2.26. The van der Waals surface area contributed by atoms with Crippen molar-refractivity contribution in [2.24, 2.45) is 5.41 Å². The molecule has 3 N–H and O–H groups in total. The number of hydrogen-bond acceptors (Lipinski definition) is 8. The fraction of sp³-hybridized carbons (Fsp3) is 0.375. The van der Waals surface area contributed by atoms with Gasteiger partial charge in [0.1, 0.15) is 11.0 Å². The predicted molar refractivity (Wildman–Crippen MR) is 198 cm³/mol. The number of methoxy groups -OCH3 is 1. The minimum absolute atomic E-state index is 0.0363. The highest BCUT2D eigenvalue weighted by Crippen LogP contribution is 2.39. The van der Waals surface area contributed by atoms with Crippen molar-refractivity contribution < 1.29 is 28.2 Å². The molecule has 10 heteroatoms. The zero-order valence-corrected chi connectivity index (χ0v) is 30.0. The van der Waals surface area contributed by atoms with Gasteiger partial charge in [0, 0.05) is 40.7 Å². The van der Waals surface area contributed by atoms with Crippen LogP contribution in [0.1, 0.15) is 74.8 Å². The van der Waals surface area contributed by atoms with Crippen molar-refractivity contribution in [1.29, 1.82) is 5.41 Å². The molecule has 0 amide bonds. The number of carbonyl (C=O) groups excluding carboxylic acids is 2. The van der Waals surface area contributed by atoms with Crippen LogP contribution in [-0.4, -0.2) is 47.4 Å². The lowest BCUT2D eigenvalue weighted by atomic mass is 9.87. The Hall–Kier alpha value is -4.57. The van der Waals surface area contributed by atoms with Gasteiger partial charge in [-0.15, -0.1) is 11.8 Å². The van der Waals surface area contributed by atoms with E-state index in [0.29, 0.717) is 47.6 Å². The molecule has 3 aromatic carbocycles. The molecule has 50 heavy (non-hydrogen) atoms. The minimum Gasteiger partial charge on any atom is -0.468 e. The molecule has 0 saturated heterocycles. The fourth-order valence-corrected chi connectivity index (χ4v) is 7.54. The van der Waals surface area contributed by atoms with E-state index in [4.69, 9.17) is 19.6 Å². The first-order chi connectivity index (χ1) is 24.1. The molecule has 2 heterocycles. The smallest absolute Gasteiger partial charge is 0.319 e. The average molecular weight is 700 g/mol. The number of H-pyrrole nitrogens is 1. The van der Waals surface area contributed by atoms with E-state index in [9.17, 15) is 9.59 Å². The van der Waals surface area contributed by atoms with E-state index in [-0.39, 0.29) is 41.3 Å². The summed E-state index contributed by atoms with van der Waals surface area (Å²) >= 11 is 1.52. The van der Waals surface area contributed by atoms with Crippen LogP contribution in [0.25, 0.3) is 10.9 Å². The number of carbonyl (C=O) groups is 2. The number of thioether (sulfide) groups is 1. The van der Waals surface area contributed by atoms with E-state index in [1.54, 1.807) is 43.6 Å². The van der Waals surface area contributed by atoms with Crippen molar-refractivity contribution in [3.05, 3.63) is 107 Å². The molecule has 8 nitrogen and oxygen atoms in total. The molecule has 0 saturated carbocycles. The number of benzene rings is 3. The quantitative estimate of drug-likeness (QED) is 0.172. The number of ether oxygens (including phenoxy) is 3. The molecule has 0 aliphatic carbocycles. The molecule has 2 atom stereocenters. The van der Waals surface area contributed by atoms with Gasteiger partial charge in [-0.25, -0.2) is 4.39 Å². The maximum absolute atomic E-state index is 15.7. The zero-order valence-electron chi connectivity index (χ0n) is 29.1. The Balaban J connectivity index is 1.47. The Kier molecular flexibility index (Phi) is 12.4. The Bertz CT molecular complexity index is 1850. The van der Waals surface area contributed by atoms with E-state index >= 15 is 4.39 Å². The van der Waals surface area contributed by atoms with E-state index in [2.05, 4.69) is 36.3 Å². The van der Waals surface area contributed by atoms with E-state index in [1.165, 1.54) is 24.9 Å². The topological polar surface area (TPSA) is 114 Å². The monoisotopic (exact) mass is 699 g/mol. The second kappa shape index (κ2) is 16.9. The number of aryl methyl sites for hydroxylation is 1. The van der Waals surface area contributed by atoms with Crippen molar-refractivity contribution in [3.8, 4) is 11.5 Å². The molecule has 1 aromatic heterocycles. The summed E-state index contributed by atoms with van der Waals surface area (Å²) in [5.41, 5.74) is 4.09. The summed E-state index contributed by atoms with van der Waals surface area (Å²) < 4.78 is 32.4. The molecule has 2 bridgehead atoms. The van der Waals surface area contributed by atoms with Crippen LogP contribution in [0, 0.1) is 16.6 Å². The highest BCUT2D eigenvalue weighted by Gasteiger charge is 2.29. The Morgan fingerprint density at radius 3 is 2.74 bits per heavy atom. The van der Waals surface area contributed by atoms with Gasteiger partial charge in [-0.1, -0.05) is 56.7 Å².